The summed E-state index contributed by atoms with van der Waals surface area (Å²) in [5.74, 6) is -0.0353. The lowest BCUT2D eigenvalue weighted by molar-refractivity contribution is -0.132. The van der Waals surface area contributed by atoms with Crippen LogP contribution in [0.5, 0.6) is 0 Å². The summed E-state index contributed by atoms with van der Waals surface area (Å²) in [6.07, 6.45) is 1.36. The zero-order valence-electron chi connectivity index (χ0n) is 20.2. The Morgan fingerprint density at radius 3 is 1.94 bits per heavy atom. The van der Waals surface area contributed by atoms with Crippen molar-refractivity contribution in [3.05, 3.63) is 63.7 Å². The van der Waals surface area contributed by atoms with Crippen LogP contribution in [0, 0.1) is 40.5 Å². The molecule has 1 N–H and O–H groups in total. The average Bonchev–Trinajstić information content (AvgIpc) is 2.81. The third-order valence-corrected chi connectivity index (χ3v) is 8.84. The highest BCUT2D eigenvalue weighted by Crippen LogP contribution is 2.29. The van der Waals surface area contributed by atoms with E-state index in [1.165, 1.54) is 0 Å². The Morgan fingerprint density at radius 1 is 0.879 bits per heavy atom. The number of hydrogen-bond donors (Lipinski definition) is 1. The molecule has 1 heterocycles. The number of likely N-dealkylation sites (tertiary alicyclic amines) is 1. The number of ketones is 1. The molecule has 1 saturated heterocycles. The molecule has 178 valence electrons. The molecule has 1 amide bonds. The van der Waals surface area contributed by atoms with E-state index in [1.807, 2.05) is 65.0 Å². The van der Waals surface area contributed by atoms with E-state index in [-0.39, 0.29) is 30.6 Å². The van der Waals surface area contributed by atoms with Crippen molar-refractivity contribution in [2.75, 3.05) is 19.6 Å². The summed E-state index contributed by atoms with van der Waals surface area (Å²) >= 11 is 0. The number of sulfonamides is 1. The van der Waals surface area contributed by atoms with Crippen molar-refractivity contribution >= 4 is 21.7 Å². The number of hydrogen-bond acceptors (Lipinski definition) is 4. The van der Waals surface area contributed by atoms with Gasteiger partial charge in [0, 0.05) is 37.5 Å². The molecule has 1 fully saturated rings. The van der Waals surface area contributed by atoms with Gasteiger partial charge in [-0.05, 0) is 75.3 Å². The van der Waals surface area contributed by atoms with Crippen LogP contribution in [-0.4, -0.2) is 44.6 Å². The lowest BCUT2D eigenvalue weighted by Gasteiger charge is -2.31. The number of Topliss-reactive ketones (excluding diaryl/α,β-unsaturated/α-hetero) is 1. The van der Waals surface area contributed by atoms with Crippen molar-refractivity contribution in [2.24, 2.45) is 5.92 Å². The smallest absolute Gasteiger partial charge is 0.241 e. The average molecular weight is 471 g/mol. The number of carbonyl (C=O) groups excluding carboxylic acids is 2. The van der Waals surface area contributed by atoms with Gasteiger partial charge in [-0.25, -0.2) is 13.1 Å². The summed E-state index contributed by atoms with van der Waals surface area (Å²) in [7, 11) is -3.73. The monoisotopic (exact) mass is 470 g/mol. The third kappa shape index (κ3) is 5.36. The lowest BCUT2D eigenvalue weighted by Crippen LogP contribution is -2.41. The topological polar surface area (TPSA) is 83.6 Å². The molecule has 6 nitrogen and oxygen atoms in total. The van der Waals surface area contributed by atoms with Gasteiger partial charge < -0.3 is 4.90 Å². The second kappa shape index (κ2) is 10.2. The molecular weight excluding hydrogens is 436 g/mol. The molecule has 1 aliphatic rings. The molecule has 0 atom stereocenters. The van der Waals surface area contributed by atoms with Crippen molar-refractivity contribution < 1.29 is 18.0 Å². The normalized spacial score (nSPS) is 15.0. The highest BCUT2D eigenvalue weighted by Gasteiger charge is 2.28. The van der Waals surface area contributed by atoms with Crippen LogP contribution in [0.25, 0.3) is 0 Å². The molecule has 0 spiro atoms. The Hall–Kier alpha value is -2.51. The molecular formula is C26H34N2O4S. The van der Waals surface area contributed by atoms with Crippen molar-refractivity contribution in [3.8, 4) is 0 Å². The van der Waals surface area contributed by atoms with E-state index in [0.717, 1.165) is 27.8 Å². The maximum Gasteiger partial charge on any atom is 0.241 e. The number of benzene rings is 2. The van der Waals surface area contributed by atoms with Crippen LogP contribution >= 0.6 is 0 Å². The SMILES string of the molecule is Cc1c(C)c(C)c(S(=O)(=O)NCCC(=O)N2CCC(C(=O)c3ccccc3)CC2)c(C)c1C. The predicted molar refractivity (Wildman–Crippen MR) is 130 cm³/mol. The summed E-state index contributed by atoms with van der Waals surface area (Å²) < 4.78 is 28.7. The Morgan fingerprint density at radius 2 is 1.39 bits per heavy atom. The van der Waals surface area contributed by atoms with Gasteiger partial charge in [-0.15, -0.1) is 0 Å². The predicted octanol–water partition coefficient (Wildman–Crippen LogP) is 4.02. The molecule has 0 unspecified atom stereocenters. The maximum atomic E-state index is 13.0. The van der Waals surface area contributed by atoms with Gasteiger partial charge in [-0.1, -0.05) is 30.3 Å². The maximum absolute atomic E-state index is 13.0. The van der Waals surface area contributed by atoms with Gasteiger partial charge in [0.05, 0.1) is 4.90 Å². The molecule has 1 aliphatic heterocycles. The van der Waals surface area contributed by atoms with Crippen LogP contribution in [0.15, 0.2) is 35.2 Å². The van der Waals surface area contributed by atoms with Crippen molar-refractivity contribution in [2.45, 2.75) is 58.8 Å². The van der Waals surface area contributed by atoms with E-state index < -0.39 is 10.0 Å². The van der Waals surface area contributed by atoms with Crippen LogP contribution in [-0.2, 0) is 14.8 Å². The minimum atomic E-state index is -3.73. The van der Waals surface area contributed by atoms with E-state index in [1.54, 1.807) is 4.90 Å². The Labute approximate surface area is 197 Å². The summed E-state index contributed by atoms with van der Waals surface area (Å²) in [4.78, 5) is 27.3. The van der Waals surface area contributed by atoms with E-state index in [0.29, 0.717) is 36.4 Å². The largest absolute Gasteiger partial charge is 0.343 e. The Kier molecular flexibility index (Phi) is 7.75. The number of rotatable bonds is 7. The number of carbonyl (C=O) groups is 2. The number of amides is 1. The Bertz CT molecular complexity index is 1120. The standard InChI is InChI=1S/C26H34N2O4S/c1-17-18(2)20(4)26(21(5)19(17)3)33(31,32)27-14-11-24(29)28-15-12-23(13-16-28)25(30)22-9-7-6-8-10-22/h6-10,23,27H,11-16H2,1-5H3. The highest BCUT2D eigenvalue weighted by atomic mass is 32.2. The molecule has 0 aliphatic carbocycles. The fourth-order valence-corrected chi connectivity index (χ4v) is 6.25. The molecule has 0 radical (unpaired) electrons. The van der Waals surface area contributed by atoms with Crippen LogP contribution in [0.3, 0.4) is 0 Å². The van der Waals surface area contributed by atoms with Gasteiger partial charge in [0.2, 0.25) is 15.9 Å². The minimum Gasteiger partial charge on any atom is -0.343 e. The Balaban J connectivity index is 1.56. The van der Waals surface area contributed by atoms with Gasteiger partial charge in [-0.3, -0.25) is 9.59 Å². The first kappa shape index (κ1) is 25.1. The zero-order valence-corrected chi connectivity index (χ0v) is 21.0. The molecule has 0 saturated carbocycles. The van der Waals surface area contributed by atoms with Gasteiger partial charge in [-0.2, -0.15) is 0 Å². The van der Waals surface area contributed by atoms with Crippen LogP contribution in [0.1, 0.15) is 57.4 Å². The van der Waals surface area contributed by atoms with Crippen LogP contribution in [0.2, 0.25) is 0 Å². The molecule has 3 rings (SSSR count). The van der Waals surface area contributed by atoms with Gasteiger partial charge >= 0.3 is 0 Å². The molecule has 7 heteroatoms. The van der Waals surface area contributed by atoms with E-state index in [9.17, 15) is 18.0 Å². The fraction of sp³-hybridized carbons (Fsp3) is 0.462. The van der Waals surface area contributed by atoms with Crippen molar-refractivity contribution in [1.82, 2.24) is 9.62 Å². The quantitative estimate of drug-likeness (QED) is 0.620. The zero-order chi connectivity index (χ0) is 24.3. The summed E-state index contributed by atoms with van der Waals surface area (Å²) in [6, 6.07) is 9.25. The van der Waals surface area contributed by atoms with Crippen molar-refractivity contribution in [3.63, 3.8) is 0 Å². The molecule has 2 aromatic rings. The second-order valence-electron chi connectivity index (χ2n) is 8.99. The minimum absolute atomic E-state index is 0.0505. The lowest BCUT2D eigenvalue weighted by atomic mass is 9.89. The first-order valence-corrected chi connectivity index (χ1v) is 13.0. The number of nitrogens with one attached hydrogen (secondary N) is 1. The van der Waals surface area contributed by atoms with Crippen LogP contribution < -0.4 is 4.72 Å². The summed E-state index contributed by atoms with van der Waals surface area (Å²) in [6.45, 7) is 10.6. The van der Waals surface area contributed by atoms with Crippen LogP contribution in [0.4, 0.5) is 0 Å². The first-order valence-electron chi connectivity index (χ1n) is 11.5. The third-order valence-electron chi connectivity index (χ3n) is 7.11. The molecule has 2 aromatic carbocycles. The fourth-order valence-electron chi connectivity index (χ4n) is 4.62. The molecule has 0 bridgehead atoms. The summed E-state index contributed by atoms with van der Waals surface area (Å²) in [5.41, 5.74) is 5.27. The molecule has 33 heavy (non-hydrogen) atoms. The van der Waals surface area contributed by atoms with E-state index in [2.05, 4.69) is 4.72 Å². The molecule has 0 aromatic heterocycles. The summed E-state index contributed by atoms with van der Waals surface area (Å²) in [5, 5.41) is 0. The second-order valence-corrected chi connectivity index (χ2v) is 10.7. The highest BCUT2D eigenvalue weighted by molar-refractivity contribution is 7.89. The van der Waals surface area contributed by atoms with E-state index >= 15 is 0 Å². The first-order chi connectivity index (χ1) is 15.5. The van der Waals surface area contributed by atoms with Gasteiger partial charge in [0.25, 0.3) is 0 Å². The van der Waals surface area contributed by atoms with Gasteiger partial charge in [0.1, 0.15) is 0 Å². The van der Waals surface area contributed by atoms with Gasteiger partial charge in [0.15, 0.2) is 5.78 Å². The van der Waals surface area contributed by atoms with E-state index in [4.69, 9.17) is 0 Å². The number of nitrogens with zero attached hydrogens (tertiary/aromatic N) is 1. The van der Waals surface area contributed by atoms with Crippen molar-refractivity contribution in [1.29, 1.82) is 0 Å². The number of piperidine rings is 1.